The van der Waals surface area contributed by atoms with Gasteiger partial charge in [0.05, 0.1) is 12.0 Å². The zero-order valence-corrected chi connectivity index (χ0v) is 12.2. The van der Waals surface area contributed by atoms with Gasteiger partial charge in [0.1, 0.15) is 11.6 Å². The molecule has 0 aliphatic rings. The van der Waals surface area contributed by atoms with E-state index in [2.05, 4.69) is 15.0 Å². The van der Waals surface area contributed by atoms with E-state index < -0.39 is 0 Å². The lowest BCUT2D eigenvalue weighted by Crippen LogP contribution is -2.11. The number of hydrogen-bond acceptors (Lipinski definition) is 5. The molecule has 2 aromatic rings. The molecule has 0 amide bonds. The summed E-state index contributed by atoms with van der Waals surface area (Å²) in [6.45, 7) is 1.78. The van der Waals surface area contributed by atoms with Gasteiger partial charge in [0.25, 0.3) is 5.56 Å². The second kappa shape index (κ2) is 5.67. The van der Waals surface area contributed by atoms with Crippen molar-refractivity contribution in [1.29, 1.82) is 5.26 Å². The van der Waals surface area contributed by atoms with Crippen molar-refractivity contribution in [3.8, 4) is 17.3 Å². The summed E-state index contributed by atoms with van der Waals surface area (Å²) in [5, 5.41) is 11.4. The SMILES string of the molecule is Cc1[nH]c(=O)c(C#N)cc1-c1csc(N=CN(C)C)n1. The molecule has 2 heterocycles. The molecule has 1 N–H and O–H groups in total. The summed E-state index contributed by atoms with van der Waals surface area (Å²) < 4.78 is 0. The zero-order chi connectivity index (χ0) is 14.7. The molecule has 0 radical (unpaired) electrons. The van der Waals surface area contributed by atoms with Gasteiger partial charge in [0.15, 0.2) is 0 Å². The number of pyridine rings is 1. The molecule has 0 aromatic carbocycles. The van der Waals surface area contributed by atoms with Gasteiger partial charge in [0.2, 0.25) is 5.13 Å². The Balaban J connectivity index is 2.43. The molecule has 2 rings (SSSR count). The Labute approximate surface area is 120 Å². The fourth-order valence-electron chi connectivity index (χ4n) is 1.58. The molecule has 0 unspecified atom stereocenters. The maximum atomic E-state index is 11.5. The highest BCUT2D eigenvalue weighted by Crippen LogP contribution is 2.27. The average Bonchev–Trinajstić information content (AvgIpc) is 2.85. The van der Waals surface area contributed by atoms with Crippen LogP contribution in [0.2, 0.25) is 0 Å². The molecule has 0 saturated carbocycles. The number of aromatic nitrogens is 2. The number of H-pyrrole nitrogens is 1. The Morgan fingerprint density at radius 1 is 1.55 bits per heavy atom. The summed E-state index contributed by atoms with van der Waals surface area (Å²) >= 11 is 1.40. The van der Waals surface area contributed by atoms with Crippen molar-refractivity contribution in [2.24, 2.45) is 4.99 Å². The quantitative estimate of drug-likeness (QED) is 0.690. The number of rotatable bonds is 3. The number of nitriles is 1. The van der Waals surface area contributed by atoms with Crippen molar-refractivity contribution in [2.45, 2.75) is 6.92 Å². The maximum absolute atomic E-state index is 11.5. The van der Waals surface area contributed by atoms with E-state index in [9.17, 15) is 4.79 Å². The molecule has 0 aliphatic heterocycles. The molecule has 6 nitrogen and oxygen atoms in total. The van der Waals surface area contributed by atoms with Crippen LogP contribution < -0.4 is 5.56 Å². The molecule has 0 spiro atoms. The number of thiazole rings is 1. The molecule has 102 valence electrons. The van der Waals surface area contributed by atoms with Gasteiger partial charge in [0, 0.05) is 30.7 Å². The summed E-state index contributed by atoms with van der Waals surface area (Å²) in [4.78, 5) is 24.6. The number of nitrogens with one attached hydrogen (secondary N) is 1. The van der Waals surface area contributed by atoms with Gasteiger partial charge in [-0.3, -0.25) is 4.79 Å². The maximum Gasteiger partial charge on any atom is 0.266 e. The lowest BCUT2D eigenvalue weighted by Gasteiger charge is -2.02. The Morgan fingerprint density at radius 2 is 2.30 bits per heavy atom. The van der Waals surface area contributed by atoms with E-state index in [0.29, 0.717) is 16.5 Å². The highest BCUT2D eigenvalue weighted by atomic mass is 32.1. The molecule has 20 heavy (non-hydrogen) atoms. The number of aryl methyl sites for hydroxylation is 1. The highest BCUT2D eigenvalue weighted by Gasteiger charge is 2.10. The first-order valence-electron chi connectivity index (χ1n) is 5.82. The first kappa shape index (κ1) is 14.0. The number of nitrogens with zero attached hydrogens (tertiary/aromatic N) is 4. The third-order valence-corrected chi connectivity index (χ3v) is 3.27. The summed E-state index contributed by atoms with van der Waals surface area (Å²) in [5.41, 5.74) is 1.82. The minimum atomic E-state index is -0.380. The Kier molecular flexibility index (Phi) is 3.96. The lowest BCUT2D eigenvalue weighted by atomic mass is 10.1. The van der Waals surface area contributed by atoms with Crippen LogP contribution >= 0.6 is 11.3 Å². The van der Waals surface area contributed by atoms with E-state index in [1.165, 1.54) is 11.3 Å². The minimum Gasteiger partial charge on any atom is -0.369 e. The summed E-state index contributed by atoms with van der Waals surface area (Å²) in [6, 6.07) is 3.43. The molecule has 0 atom stereocenters. The predicted molar refractivity (Wildman–Crippen MR) is 79.5 cm³/mol. The van der Waals surface area contributed by atoms with E-state index >= 15 is 0 Å². The van der Waals surface area contributed by atoms with Crippen molar-refractivity contribution in [3.05, 3.63) is 33.1 Å². The molecular weight excluding hydrogens is 274 g/mol. The van der Waals surface area contributed by atoms with Crippen LogP contribution in [0.3, 0.4) is 0 Å². The molecule has 2 aromatic heterocycles. The summed E-state index contributed by atoms with van der Waals surface area (Å²) in [7, 11) is 3.76. The van der Waals surface area contributed by atoms with Gasteiger partial charge in [-0.2, -0.15) is 5.26 Å². The summed E-state index contributed by atoms with van der Waals surface area (Å²) in [5.74, 6) is 0. The van der Waals surface area contributed by atoms with E-state index in [1.807, 2.05) is 30.4 Å². The van der Waals surface area contributed by atoms with Crippen molar-refractivity contribution in [3.63, 3.8) is 0 Å². The van der Waals surface area contributed by atoms with Crippen LogP contribution in [0.15, 0.2) is 21.2 Å². The van der Waals surface area contributed by atoms with Crippen LogP contribution in [0.25, 0.3) is 11.3 Å². The highest BCUT2D eigenvalue weighted by molar-refractivity contribution is 7.13. The second-order valence-electron chi connectivity index (χ2n) is 4.39. The molecule has 0 bridgehead atoms. The largest absolute Gasteiger partial charge is 0.369 e. The van der Waals surface area contributed by atoms with E-state index in [4.69, 9.17) is 5.26 Å². The van der Waals surface area contributed by atoms with Crippen LogP contribution in [-0.2, 0) is 0 Å². The Bertz CT molecular complexity index is 751. The van der Waals surface area contributed by atoms with Gasteiger partial charge in [-0.15, -0.1) is 11.3 Å². The van der Waals surface area contributed by atoms with Crippen molar-refractivity contribution in [2.75, 3.05) is 14.1 Å². The normalized spacial score (nSPS) is 10.7. The number of aliphatic imine (C=N–C) groups is 1. The van der Waals surface area contributed by atoms with Gasteiger partial charge < -0.3 is 9.88 Å². The van der Waals surface area contributed by atoms with E-state index in [0.717, 1.165) is 5.56 Å². The van der Waals surface area contributed by atoms with Gasteiger partial charge in [-0.1, -0.05) is 0 Å². The third-order valence-electron chi connectivity index (χ3n) is 2.53. The van der Waals surface area contributed by atoms with Crippen LogP contribution in [0, 0.1) is 18.3 Å². The molecular formula is C13H13N5OS. The van der Waals surface area contributed by atoms with Gasteiger partial charge in [-0.05, 0) is 13.0 Å². The van der Waals surface area contributed by atoms with E-state index in [1.54, 1.807) is 19.3 Å². The first-order chi connectivity index (χ1) is 9.51. The summed E-state index contributed by atoms with van der Waals surface area (Å²) in [6.07, 6.45) is 1.67. The fraction of sp³-hybridized carbons (Fsp3) is 0.231. The topological polar surface area (TPSA) is 85.1 Å². The monoisotopic (exact) mass is 287 g/mol. The average molecular weight is 287 g/mol. The molecule has 0 saturated heterocycles. The Hall–Kier alpha value is -2.46. The smallest absolute Gasteiger partial charge is 0.266 e. The molecule has 0 aliphatic carbocycles. The van der Waals surface area contributed by atoms with E-state index in [-0.39, 0.29) is 11.1 Å². The predicted octanol–water partition coefficient (Wildman–Crippen LogP) is 1.90. The number of aromatic amines is 1. The minimum absolute atomic E-state index is 0.0805. The van der Waals surface area contributed by atoms with Gasteiger partial charge >= 0.3 is 0 Å². The van der Waals surface area contributed by atoms with Crippen LogP contribution in [0.5, 0.6) is 0 Å². The lowest BCUT2D eigenvalue weighted by molar-refractivity contribution is 0.643. The first-order valence-corrected chi connectivity index (χ1v) is 6.69. The molecule has 0 fully saturated rings. The standard InChI is InChI=1S/C13H13N5OS/c1-8-10(4-9(5-14)12(19)16-8)11-6-20-13(17-11)15-7-18(2)3/h4,6-7H,1-3H3,(H,16,19). The van der Waals surface area contributed by atoms with Crippen LogP contribution in [0.4, 0.5) is 5.13 Å². The number of hydrogen-bond donors (Lipinski definition) is 1. The van der Waals surface area contributed by atoms with Crippen LogP contribution in [-0.4, -0.2) is 35.3 Å². The van der Waals surface area contributed by atoms with Crippen LogP contribution in [0.1, 0.15) is 11.3 Å². The van der Waals surface area contributed by atoms with Crippen molar-refractivity contribution >= 4 is 22.8 Å². The zero-order valence-electron chi connectivity index (χ0n) is 11.3. The third kappa shape index (κ3) is 2.92. The van der Waals surface area contributed by atoms with Crippen molar-refractivity contribution in [1.82, 2.24) is 14.9 Å². The van der Waals surface area contributed by atoms with Gasteiger partial charge in [-0.25, -0.2) is 9.98 Å². The second-order valence-corrected chi connectivity index (χ2v) is 5.22. The molecule has 7 heteroatoms. The van der Waals surface area contributed by atoms with Crippen molar-refractivity contribution < 1.29 is 0 Å². The Morgan fingerprint density at radius 3 is 2.95 bits per heavy atom. The fourth-order valence-corrected chi connectivity index (χ4v) is 2.24.